The van der Waals surface area contributed by atoms with Gasteiger partial charge in [0.05, 0.1) is 0 Å². The van der Waals surface area contributed by atoms with Crippen molar-refractivity contribution in [3.8, 4) is 0 Å². The van der Waals surface area contributed by atoms with Crippen molar-refractivity contribution in [3.63, 3.8) is 0 Å². The van der Waals surface area contributed by atoms with Crippen molar-refractivity contribution in [2.24, 2.45) is 0 Å². The zero-order chi connectivity index (χ0) is 24.1. The van der Waals surface area contributed by atoms with Gasteiger partial charge in [0, 0.05) is 0 Å². The van der Waals surface area contributed by atoms with Gasteiger partial charge < -0.3 is 10.2 Å². The summed E-state index contributed by atoms with van der Waals surface area (Å²) in [6.07, 6.45) is 28.8. The van der Waals surface area contributed by atoms with Crippen molar-refractivity contribution in [3.05, 3.63) is 0 Å². The molecule has 0 aliphatic carbocycles. The molecule has 0 atom stereocenters. The number of rotatable bonds is 21. The highest BCUT2D eigenvalue weighted by Gasteiger charge is 2.01. The molecule has 6 heteroatoms. The first-order valence-corrected chi connectivity index (χ1v) is 13.3. The van der Waals surface area contributed by atoms with Gasteiger partial charge in [-0.3, -0.25) is 0 Å². The van der Waals surface area contributed by atoms with E-state index in [-0.39, 0.29) is 0 Å². The first-order valence-electron chi connectivity index (χ1n) is 13.3. The van der Waals surface area contributed by atoms with Crippen LogP contribution in [0.1, 0.15) is 155 Å². The van der Waals surface area contributed by atoms with Gasteiger partial charge in [-0.1, -0.05) is 155 Å². The molecule has 0 aliphatic rings. The first kappa shape index (κ1) is 32.7. The average molecular weight is 461 g/mol. The van der Waals surface area contributed by atoms with Gasteiger partial charge in [0.25, 0.3) is 0 Å². The van der Waals surface area contributed by atoms with Crippen LogP contribution in [-0.2, 0) is 9.78 Å². The van der Waals surface area contributed by atoms with Crippen molar-refractivity contribution in [2.75, 3.05) is 0 Å². The minimum atomic E-state index is -1.80. The second kappa shape index (κ2) is 29.5. The van der Waals surface area contributed by atoms with Crippen molar-refractivity contribution in [2.45, 2.75) is 155 Å². The minimum absolute atomic E-state index is 1.37. The molecule has 0 aromatic heterocycles. The molecule has 0 aliphatic heterocycles. The van der Waals surface area contributed by atoms with Gasteiger partial charge in [-0.05, 0) is 0 Å². The molecule has 0 saturated carbocycles. The standard InChI is InChI=1S/C24H50.C2H2O6/c1-3-5-7-9-11-13-15-17-19-21-23-24-22-20-18-16-14-12-10-8-6-4-2;3-1(4)7-8-2(5)6/h3-24H2,1-2H3;(H,3,4)(H,5,6). The molecule has 6 nitrogen and oxygen atoms in total. The van der Waals surface area contributed by atoms with Gasteiger partial charge in [0.15, 0.2) is 0 Å². The fourth-order valence-electron chi connectivity index (χ4n) is 3.75. The summed E-state index contributed by atoms with van der Waals surface area (Å²) in [7, 11) is 0. The Hall–Kier alpha value is -1.46. The van der Waals surface area contributed by atoms with Gasteiger partial charge in [0.2, 0.25) is 0 Å². The van der Waals surface area contributed by atoms with Gasteiger partial charge in [-0.2, -0.15) is 0 Å². The van der Waals surface area contributed by atoms with Crippen LogP contribution in [-0.4, -0.2) is 22.5 Å². The van der Waals surface area contributed by atoms with E-state index in [0.717, 1.165) is 0 Å². The van der Waals surface area contributed by atoms with E-state index in [2.05, 4.69) is 23.6 Å². The monoisotopic (exact) mass is 460 g/mol. The molecule has 0 aromatic carbocycles. The summed E-state index contributed by atoms with van der Waals surface area (Å²) in [5.74, 6) is 0. The minimum Gasteiger partial charge on any atom is -0.447 e. The third-order valence-electron chi connectivity index (χ3n) is 5.64. The lowest BCUT2D eigenvalue weighted by Gasteiger charge is -2.04. The lowest BCUT2D eigenvalue weighted by Crippen LogP contribution is -2.05. The maximum Gasteiger partial charge on any atom is 0.547 e. The zero-order valence-corrected chi connectivity index (χ0v) is 21.1. The van der Waals surface area contributed by atoms with Crippen LogP contribution in [0.4, 0.5) is 9.59 Å². The molecule has 0 spiro atoms. The van der Waals surface area contributed by atoms with Gasteiger partial charge in [0.1, 0.15) is 0 Å². The summed E-state index contributed by atoms with van der Waals surface area (Å²) in [5.41, 5.74) is 0. The van der Waals surface area contributed by atoms with Crippen molar-refractivity contribution < 1.29 is 29.6 Å². The number of hydrogen-bond acceptors (Lipinski definition) is 4. The predicted octanol–water partition coefficient (Wildman–Crippen LogP) is 9.90. The predicted molar refractivity (Wildman–Crippen MR) is 131 cm³/mol. The summed E-state index contributed by atoms with van der Waals surface area (Å²) in [5, 5.41) is 15.1. The van der Waals surface area contributed by atoms with Crippen LogP contribution >= 0.6 is 0 Å². The Morgan fingerprint density at radius 1 is 0.406 bits per heavy atom. The summed E-state index contributed by atoms with van der Waals surface area (Å²) in [4.78, 5) is 24.8. The lowest BCUT2D eigenvalue weighted by molar-refractivity contribution is -0.208. The third-order valence-corrected chi connectivity index (χ3v) is 5.64. The molecule has 2 N–H and O–H groups in total. The van der Waals surface area contributed by atoms with Crippen molar-refractivity contribution in [1.82, 2.24) is 0 Å². The molecule has 192 valence electrons. The Labute approximate surface area is 197 Å². The number of unbranched alkanes of at least 4 members (excludes halogenated alkanes) is 21. The fraction of sp³-hybridized carbons (Fsp3) is 0.923. The highest BCUT2D eigenvalue weighted by Crippen LogP contribution is 2.15. The van der Waals surface area contributed by atoms with Gasteiger partial charge >= 0.3 is 12.3 Å². The number of hydrogen-bond donors (Lipinski definition) is 2. The molecule has 0 saturated heterocycles. The van der Waals surface area contributed by atoms with E-state index in [0.29, 0.717) is 0 Å². The maximum atomic E-state index is 9.29. The highest BCUT2D eigenvalue weighted by atomic mass is 17.2. The second-order valence-electron chi connectivity index (χ2n) is 8.77. The molecule has 0 rings (SSSR count). The van der Waals surface area contributed by atoms with Gasteiger partial charge in [-0.25, -0.2) is 19.4 Å². The normalized spacial score (nSPS) is 10.3. The van der Waals surface area contributed by atoms with Crippen LogP contribution in [0, 0.1) is 0 Å². The topological polar surface area (TPSA) is 93.1 Å². The Morgan fingerprint density at radius 2 is 0.562 bits per heavy atom. The molecule has 0 fully saturated rings. The first-order chi connectivity index (χ1) is 15.5. The van der Waals surface area contributed by atoms with Crippen molar-refractivity contribution in [1.29, 1.82) is 0 Å². The fourth-order valence-corrected chi connectivity index (χ4v) is 3.75. The summed E-state index contributed by atoms with van der Waals surface area (Å²) in [6, 6.07) is 0. The van der Waals surface area contributed by atoms with Crippen LogP contribution in [0.25, 0.3) is 0 Å². The molecular formula is C26H52O6. The van der Waals surface area contributed by atoms with Crippen LogP contribution in [0.3, 0.4) is 0 Å². The number of carboxylic acid groups (broad SMARTS) is 2. The summed E-state index contributed by atoms with van der Waals surface area (Å²) in [6.45, 7) is 4.60. The van der Waals surface area contributed by atoms with Crippen LogP contribution in [0.5, 0.6) is 0 Å². The van der Waals surface area contributed by atoms with E-state index >= 15 is 0 Å². The third kappa shape index (κ3) is 35.9. The van der Waals surface area contributed by atoms with E-state index in [9.17, 15) is 9.59 Å². The van der Waals surface area contributed by atoms with E-state index in [4.69, 9.17) is 10.2 Å². The molecule has 0 radical (unpaired) electrons. The van der Waals surface area contributed by atoms with Crippen LogP contribution in [0.15, 0.2) is 0 Å². The van der Waals surface area contributed by atoms with Gasteiger partial charge in [-0.15, -0.1) is 0 Å². The maximum absolute atomic E-state index is 9.29. The molecule has 0 unspecified atom stereocenters. The summed E-state index contributed by atoms with van der Waals surface area (Å²) < 4.78 is 0. The molecule has 0 amide bonds. The molecular weight excluding hydrogens is 408 g/mol. The van der Waals surface area contributed by atoms with Crippen LogP contribution < -0.4 is 0 Å². The Bertz CT molecular complexity index is 351. The van der Waals surface area contributed by atoms with E-state index < -0.39 is 12.3 Å². The largest absolute Gasteiger partial charge is 0.547 e. The average Bonchev–Trinajstić information content (AvgIpc) is 2.77. The highest BCUT2D eigenvalue weighted by molar-refractivity contribution is 5.60. The Balaban J connectivity index is 0. The smallest absolute Gasteiger partial charge is 0.447 e. The molecule has 32 heavy (non-hydrogen) atoms. The van der Waals surface area contributed by atoms with E-state index in [1.807, 2.05) is 0 Å². The molecule has 0 bridgehead atoms. The SMILES string of the molecule is CCCCCCCCCCCCCCCCCCCCCCCC.O=C(O)OOC(=O)O. The number of carbonyl (C=O) groups is 2. The second-order valence-corrected chi connectivity index (χ2v) is 8.77. The zero-order valence-electron chi connectivity index (χ0n) is 21.1. The van der Waals surface area contributed by atoms with E-state index in [1.54, 1.807) is 0 Å². The molecule has 0 aromatic rings. The Kier molecular flexibility index (Phi) is 30.2. The van der Waals surface area contributed by atoms with E-state index in [1.165, 1.54) is 141 Å². The summed E-state index contributed by atoms with van der Waals surface area (Å²) >= 11 is 0. The van der Waals surface area contributed by atoms with Crippen molar-refractivity contribution >= 4 is 12.3 Å². The molecule has 0 heterocycles. The lowest BCUT2D eigenvalue weighted by atomic mass is 10.0. The van der Waals surface area contributed by atoms with Crippen LogP contribution in [0.2, 0.25) is 0 Å². The Morgan fingerprint density at radius 3 is 0.688 bits per heavy atom. The quantitative estimate of drug-likeness (QED) is 0.100.